The molecule has 0 rings (SSSR count). The van der Waals surface area contributed by atoms with Crippen molar-refractivity contribution in [2.24, 2.45) is 0 Å². The summed E-state index contributed by atoms with van der Waals surface area (Å²) in [5, 5.41) is 8.20. The Balaban J connectivity index is -0.000000125. The van der Waals surface area contributed by atoms with Crippen LogP contribution in [-0.2, 0) is 0 Å². The van der Waals surface area contributed by atoms with Gasteiger partial charge in [-0.1, -0.05) is 19.8 Å². The average Bonchev–Trinajstić information content (AvgIpc) is 1.61. The van der Waals surface area contributed by atoms with Crippen LogP contribution in [0.15, 0.2) is 0 Å². The normalized spacial score (nSPS) is 7.71. The molecular formula is C5H13LiO. The van der Waals surface area contributed by atoms with Crippen LogP contribution in [0, 0.1) is 0 Å². The van der Waals surface area contributed by atoms with Gasteiger partial charge in [-0.3, -0.25) is 0 Å². The Labute approximate surface area is 58.8 Å². The molecule has 0 heterocycles. The van der Waals surface area contributed by atoms with Crippen molar-refractivity contribution in [1.29, 1.82) is 0 Å². The molecule has 0 aliphatic carbocycles. The molecule has 0 fully saturated rings. The first-order valence-corrected chi connectivity index (χ1v) is 2.52. The van der Waals surface area contributed by atoms with Gasteiger partial charge in [0.25, 0.3) is 0 Å². The fourth-order valence-corrected chi connectivity index (χ4v) is 0.362. The molecule has 0 aliphatic rings. The van der Waals surface area contributed by atoms with Crippen LogP contribution in [-0.4, -0.2) is 11.7 Å². The molecule has 40 valence electrons. The molecule has 1 nitrogen and oxygen atoms in total. The Morgan fingerprint density at radius 2 is 2.00 bits per heavy atom. The maximum absolute atomic E-state index is 8.20. The number of aliphatic hydroxyl groups excluding tert-OH is 1. The van der Waals surface area contributed by atoms with Gasteiger partial charge in [0.1, 0.15) is 0 Å². The van der Waals surface area contributed by atoms with Crippen LogP contribution >= 0.6 is 0 Å². The fourth-order valence-electron chi connectivity index (χ4n) is 0.362. The van der Waals surface area contributed by atoms with Crippen molar-refractivity contribution >= 4 is 0 Å². The molecule has 1 N–H and O–H groups in total. The van der Waals surface area contributed by atoms with Crippen molar-refractivity contribution in [1.82, 2.24) is 0 Å². The molecule has 0 amide bonds. The molecule has 0 unspecified atom stereocenters. The minimum Gasteiger partial charge on any atom is -1.00 e. The molecule has 0 atom stereocenters. The summed E-state index contributed by atoms with van der Waals surface area (Å²) in [6, 6.07) is 0. The Kier molecular flexibility index (Phi) is 14.7. The van der Waals surface area contributed by atoms with Gasteiger partial charge in [0, 0.05) is 6.61 Å². The van der Waals surface area contributed by atoms with Crippen molar-refractivity contribution in [3.63, 3.8) is 0 Å². The van der Waals surface area contributed by atoms with Crippen LogP contribution in [0.3, 0.4) is 0 Å². The first kappa shape index (κ1) is 10.5. The second-order valence-corrected chi connectivity index (χ2v) is 1.43. The first-order valence-electron chi connectivity index (χ1n) is 2.52. The average molecular weight is 96.1 g/mol. The van der Waals surface area contributed by atoms with E-state index in [0.29, 0.717) is 6.61 Å². The monoisotopic (exact) mass is 96.1 g/mol. The van der Waals surface area contributed by atoms with Gasteiger partial charge in [-0.2, -0.15) is 0 Å². The van der Waals surface area contributed by atoms with Gasteiger partial charge in [0.05, 0.1) is 0 Å². The van der Waals surface area contributed by atoms with Crippen LogP contribution in [0.25, 0.3) is 0 Å². The molecule has 0 spiro atoms. The van der Waals surface area contributed by atoms with Crippen molar-refractivity contribution < 1.29 is 25.4 Å². The van der Waals surface area contributed by atoms with Crippen LogP contribution < -0.4 is 18.9 Å². The van der Waals surface area contributed by atoms with Crippen LogP contribution in [0.5, 0.6) is 0 Å². The molecule has 7 heavy (non-hydrogen) atoms. The van der Waals surface area contributed by atoms with E-state index in [1.54, 1.807) is 0 Å². The van der Waals surface area contributed by atoms with E-state index < -0.39 is 0 Å². The van der Waals surface area contributed by atoms with E-state index in [9.17, 15) is 0 Å². The van der Waals surface area contributed by atoms with E-state index in [4.69, 9.17) is 5.11 Å². The van der Waals surface area contributed by atoms with Crippen molar-refractivity contribution in [2.75, 3.05) is 6.61 Å². The summed E-state index contributed by atoms with van der Waals surface area (Å²) >= 11 is 0. The molecule has 0 aromatic heterocycles. The van der Waals surface area contributed by atoms with Crippen LogP contribution in [0.1, 0.15) is 27.6 Å². The Hall–Kier alpha value is 0.557. The quantitative estimate of drug-likeness (QED) is 0.327. The Morgan fingerprint density at radius 1 is 1.43 bits per heavy atom. The first-order chi connectivity index (χ1) is 2.91. The van der Waals surface area contributed by atoms with Gasteiger partial charge < -0.3 is 6.53 Å². The number of rotatable bonds is 3. The predicted octanol–water partition coefficient (Wildman–Crippen LogP) is -1.71. The summed E-state index contributed by atoms with van der Waals surface area (Å²) in [5.74, 6) is 0. The van der Waals surface area contributed by atoms with Gasteiger partial charge in [-0.25, -0.2) is 0 Å². The standard InChI is InChI=1S/C5H12O.Li.H/c1-2-3-4-5-6;;/h6H,2-5H2,1H3;;/q;+1;-1. The summed E-state index contributed by atoms with van der Waals surface area (Å²) < 4.78 is 0. The summed E-state index contributed by atoms with van der Waals surface area (Å²) in [6.07, 6.45) is 3.33. The van der Waals surface area contributed by atoms with E-state index in [1.807, 2.05) is 0 Å². The summed E-state index contributed by atoms with van der Waals surface area (Å²) in [5.41, 5.74) is 0. The molecule has 0 aromatic carbocycles. The minimum atomic E-state index is 0. The largest absolute Gasteiger partial charge is 1.00 e. The van der Waals surface area contributed by atoms with Gasteiger partial charge in [-0.15, -0.1) is 0 Å². The Morgan fingerprint density at radius 3 is 2.14 bits per heavy atom. The fraction of sp³-hybridized carbons (Fsp3) is 1.00. The van der Waals surface area contributed by atoms with E-state index in [1.165, 1.54) is 6.42 Å². The van der Waals surface area contributed by atoms with Crippen LogP contribution in [0.4, 0.5) is 0 Å². The number of hydrogen-bond donors (Lipinski definition) is 1. The van der Waals surface area contributed by atoms with E-state index in [2.05, 4.69) is 6.92 Å². The summed E-state index contributed by atoms with van der Waals surface area (Å²) in [6.45, 7) is 2.48. The molecular weight excluding hydrogens is 83.0 g/mol. The van der Waals surface area contributed by atoms with E-state index in [0.717, 1.165) is 12.8 Å². The van der Waals surface area contributed by atoms with E-state index >= 15 is 0 Å². The molecule has 0 aliphatic heterocycles. The second kappa shape index (κ2) is 9.75. The smallest absolute Gasteiger partial charge is 1.00 e. The SMILES string of the molecule is CCCCCO.[H-].[Li+]. The van der Waals surface area contributed by atoms with Crippen molar-refractivity contribution in [3.8, 4) is 0 Å². The zero-order valence-electron chi connectivity index (χ0n) is 6.28. The van der Waals surface area contributed by atoms with Gasteiger partial charge in [0.2, 0.25) is 0 Å². The zero-order chi connectivity index (χ0) is 4.83. The minimum absolute atomic E-state index is 0. The zero-order valence-corrected chi connectivity index (χ0v) is 5.28. The van der Waals surface area contributed by atoms with Gasteiger partial charge in [0.15, 0.2) is 0 Å². The molecule has 0 saturated heterocycles. The molecule has 0 bridgehead atoms. The second-order valence-electron chi connectivity index (χ2n) is 1.43. The predicted molar refractivity (Wildman–Crippen MR) is 27.7 cm³/mol. The maximum atomic E-state index is 8.20. The third-order valence-electron chi connectivity index (χ3n) is 0.762. The molecule has 0 aromatic rings. The Bertz CT molecular complexity index is 24.4. The topological polar surface area (TPSA) is 20.2 Å². The van der Waals surface area contributed by atoms with Crippen molar-refractivity contribution in [2.45, 2.75) is 26.2 Å². The van der Waals surface area contributed by atoms with Crippen molar-refractivity contribution in [3.05, 3.63) is 0 Å². The number of unbranched alkanes of at least 4 members (excludes halogenated alkanes) is 2. The van der Waals surface area contributed by atoms with Gasteiger partial charge in [-0.05, 0) is 6.42 Å². The summed E-state index contributed by atoms with van der Waals surface area (Å²) in [4.78, 5) is 0. The molecule has 2 heteroatoms. The maximum Gasteiger partial charge on any atom is 1.00 e. The number of aliphatic hydroxyl groups is 1. The summed E-state index contributed by atoms with van der Waals surface area (Å²) in [7, 11) is 0. The molecule has 0 radical (unpaired) electrons. The van der Waals surface area contributed by atoms with Crippen LogP contribution in [0.2, 0.25) is 0 Å². The third kappa shape index (κ3) is 10.8. The third-order valence-corrected chi connectivity index (χ3v) is 0.762. The molecule has 0 saturated carbocycles. The van der Waals surface area contributed by atoms with Gasteiger partial charge >= 0.3 is 18.9 Å². The number of hydrogen-bond acceptors (Lipinski definition) is 1. The van der Waals surface area contributed by atoms with E-state index in [-0.39, 0.29) is 20.3 Å².